The van der Waals surface area contributed by atoms with E-state index in [1.54, 1.807) is 0 Å². The Labute approximate surface area is 61.2 Å². The first-order chi connectivity index (χ1) is 4.20. The molecule has 9 heavy (non-hydrogen) atoms. The molecule has 0 N–H and O–H groups in total. The summed E-state index contributed by atoms with van der Waals surface area (Å²) in [4.78, 5) is 0. The van der Waals surface area contributed by atoms with Gasteiger partial charge in [-0.25, -0.2) is 0 Å². The average Bonchev–Trinajstić information content (AvgIpc) is 1.80. The van der Waals surface area contributed by atoms with Crippen LogP contribution in [0.3, 0.4) is 0 Å². The minimum absolute atomic E-state index is 0.600. The van der Waals surface area contributed by atoms with E-state index >= 15 is 0 Å². The fourth-order valence-corrected chi connectivity index (χ4v) is 1.15. The Hall–Kier alpha value is -0.230. The lowest BCUT2D eigenvalue weighted by Gasteiger charge is -2.15. The third-order valence-corrected chi connectivity index (χ3v) is 2.06. The molecule has 0 bridgehead atoms. The molecule has 1 rings (SSSR count). The lowest BCUT2D eigenvalue weighted by atomic mass is 9.92. The minimum atomic E-state index is 0.600. The highest BCUT2D eigenvalue weighted by atomic mass is 35.5. The van der Waals surface area contributed by atoms with Gasteiger partial charge >= 0.3 is 0 Å². The van der Waals surface area contributed by atoms with Gasteiger partial charge in [-0.15, -0.1) is 0 Å². The van der Waals surface area contributed by atoms with Crippen LogP contribution in [0.2, 0.25) is 0 Å². The van der Waals surface area contributed by atoms with Crippen molar-refractivity contribution in [3.05, 3.63) is 23.3 Å². The molecule has 2 atom stereocenters. The van der Waals surface area contributed by atoms with Crippen LogP contribution in [0.1, 0.15) is 13.8 Å². The molecule has 0 saturated carbocycles. The van der Waals surface area contributed by atoms with Gasteiger partial charge in [-0.2, -0.15) is 0 Å². The topological polar surface area (TPSA) is 0 Å². The van der Waals surface area contributed by atoms with Crippen molar-refractivity contribution in [1.29, 1.82) is 0 Å². The Morgan fingerprint density at radius 1 is 1.33 bits per heavy atom. The van der Waals surface area contributed by atoms with Gasteiger partial charge in [0.15, 0.2) is 0 Å². The number of rotatable bonds is 0. The molecule has 0 nitrogen and oxygen atoms in total. The molecular weight excluding hydrogens is 132 g/mol. The first kappa shape index (κ1) is 6.88. The summed E-state index contributed by atoms with van der Waals surface area (Å²) in [5, 5.41) is 0.876. The van der Waals surface area contributed by atoms with Crippen LogP contribution in [0, 0.1) is 11.8 Å². The normalized spacial score (nSPS) is 34.3. The Balaban J connectivity index is 2.70. The first-order valence-electron chi connectivity index (χ1n) is 3.25. The third-order valence-electron chi connectivity index (χ3n) is 1.81. The average molecular weight is 143 g/mol. The maximum Gasteiger partial charge on any atom is 0.0365 e. The highest BCUT2D eigenvalue weighted by Crippen LogP contribution is 2.23. The fraction of sp³-hybridized carbons (Fsp3) is 0.500. The van der Waals surface area contributed by atoms with Gasteiger partial charge in [0.25, 0.3) is 0 Å². The second-order valence-corrected chi connectivity index (χ2v) is 3.07. The van der Waals surface area contributed by atoms with Crippen LogP contribution in [0.5, 0.6) is 0 Å². The smallest absolute Gasteiger partial charge is 0.0365 e. The number of hydrogen-bond acceptors (Lipinski definition) is 0. The number of allylic oxidation sites excluding steroid dienone is 4. The molecular formula is C8H11Cl. The quantitative estimate of drug-likeness (QED) is 0.488. The van der Waals surface area contributed by atoms with Gasteiger partial charge in [-0.1, -0.05) is 37.6 Å². The first-order valence-corrected chi connectivity index (χ1v) is 3.63. The standard InChI is InChI=1S/C8H11Cl/c1-6-3-4-8(9)5-7(6)2/h3-7H,1-2H3/t6-,7+/m0/s1. The van der Waals surface area contributed by atoms with Gasteiger partial charge in [0, 0.05) is 5.03 Å². The van der Waals surface area contributed by atoms with E-state index in [4.69, 9.17) is 11.6 Å². The molecule has 0 amide bonds. The number of hydrogen-bond donors (Lipinski definition) is 0. The summed E-state index contributed by atoms with van der Waals surface area (Å²) in [7, 11) is 0. The SMILES string of the molecule is C[C@@H]1C=C(Cl)C=C[C@@H]1C. The van der Waals surface area contributed by atoms with E-state index in [1.807, 2.05) is 6.08 Å². The van der Waals surface area contributed by atoms with E-state index in [-0.39, 0.29) is 0 Å². The molecule has 0 aromatic rings. The Bertz CT molecular complexity index is 156. The van der Waals surface area contributed by atoms with E-state index in [0.717, 1.165) is 5.03 Å². The maximum absolute atomic E-state index is 5.75. The van der Waals surface area contributed by atoms with E-state index in [0.29, 0.717) is 11.8 Å². The van der Waals surface area contributed by atoms with Crippen LogP contribution < -0.4 is 0 Å². The Kier molecular flexibility index (Phi) is 1.97. The number of halogens is 1. The van der Waals surface area contributed by atoms with Crippen LogP contribution in [0.25, 0.3) is 0 Å². The predicted octanol–water partition coefficient (Wildman–Crippen LogP) is 2.95. The molecule has 0 saturated heterocycles. The predicted molar refractivity (Wildman–Crippen MR) is 41.4 cm³/mol. The van der Waals surface area contributed by atoms with Crippen molar-refractivity contribution in [2.24, 2.45) is 11.8 Å². The summed E-state index contributed by atoms with van der Waals surface area (Å²) < 4.78 is 0. The summed E-state index contributed by atoms with van der Waals surface area (Å²) in [6.45, 7) is 4.37. The lowest BCUT2D eigenvalue weighted by molar-refractivity contribution is 0.551. The summed E-state index contributed by atoms with van der Waals surface area (Å²) in [5.74, 6) is 1.25. The molecule has 0 fully saturated rings. The van der Waals surface area contributed by atoms with E-state index < -0.39 is 0 Å². The zero-order chi connectivity index (χ0) is 6.85. The van der Waals surface area contributed by atoms with Crippen molar-refractivity contribution >= 4 is 11.6 Å². The van der Waals surface area contributed by atoms with Crippen LogP contribution >= 0.6 is 11.6 Å². The van der Waals surface area contributed by atoms with Crippen LogP contribution in [-0.2, 0) is 0 Å². The largest absolute Gasteiger partial charge is 0.0847 e. The zero-order valence-corrected chi connectivity index (χ0v) is 6.52. The lowest BCUT2D eigenvalue weighted by Crippen LogP contribution is -2.04. The van der Waals surface area contributed by atoms with E-state index in [2.05, 4.69) is 26.0 Å². The van der Waals surface area contributed by atoms with Gasteiger partial charge in [0.2, 0.25) is 0 Å². The van der Waals surface area contributed by atoms with Crippen LogP contribution in [0.15, 0.2) is 23.3 Å². The summed E-state index contributed by atoms with van der Waals surface area (Å²) in [6, 6.07) is 0. The van der Waals surface area contributed by atoms with Crippen molar-refractivity contribution < 1.29 is 0 Å². The van der Waals surface area contributed by atoms with Gasteiger partial charge in [0.1, 0.15) is 0 Å². The monoisotopic (exact) mass is 142 g/mol. The molecule has 0 radical (unpaired) electrons. The van der Waals surface area contributed by atoms with Crippen molar-refractivity contribution in [2.45, 2.75) is 13.8 Å². The molecule has 0 aromatic heterocycles. The third kappa shape index (κ3) is 1.59. The highest BCUT2D eigenvalue weighted by Gasteiger charge is 2.09. The van der Waals surface area contributed by atoms with Gasteiger partial charge in [0.05, 0.1) is 0 Å². The Morgan fingerprint density at radius 2 is 2.00 bits per heavy atom. The molecule has 50 valence electrons. The van der Waals surface area contributed by atoms with Crippen LogP contribution in [-0.4, -0.2) is 0 Å². The van der Waals surface area contributed by atoms with E-state index in [1.165, 1.54) is 0 Å². The molecule has 0 spiro atoms. The summed E-state index contributed by atoms with van der Waals surface area (Å²) >= 11 is 5.75. The molecule has 1 heteroatoms. The molecule has 0 aromatic carbocycles. The van der Waals surface area contributed by atoms with Gasteiger partial charge in [-0.05, 0) is 17.9 Å². The highest BCUT2D eigenvalue weighted by molar-refractivity contribution is 6.31. The zero-order valence-electron chi connectivity index (χ0n) is 5.76. The Morgan fingerprint density at radius 3 is 2.44 bits per heavy atom. The summed E-state index contributed by atoms with van der Waals surface area (Å²) in [6.07, 6.45) is 6.20. The summed E-state index contributed by atoms with van der Waals surface area (Å²) in [5.41, 5.74) is 0. The van der Waals surface area contributed by atoms with Crippen LogP contribution in [0.4, 0.5) is 0 Å². The van der Waals surface area contributed by atoms with Crippen molar-refractivity contribution in [2.75, 3.05) is 0 Å². The molecule has 1 aliphatic rings. The molecule has 0 heterocycles. The molecule has 1 aliphatic carbocycles. The second-order valence-electron chi connectivity index (χ2n) is 2.63. The van der Waals surface area contributed by atoms with Crippen molar-refractivity contribution in [3.8, 4) is 0 Å². The fourth-order valence-electron chi connectivity index (χ4n) is 0.877. The van der Waals surface area contributed by atoms with Gasteiger partial charge in [-0.3, -0.25) is 0 Å². The van der Waals surface area contributed by atoms with E-state index in [9.17, 15) is 0 Å². The minimum Gasteiger partial charge on any atom is -0.0847 e. The second kappa shape index (κ2) is 2.57. The van der Waals surface area contributed by atoms with Crippen molar-refractivity contribution in [1.82, 2.24) is 0 Å². The van der Waals surface area contributed by atoms with Crippen molar-refractivity contribution in [3.63, 3.8) is 0 Å². The molecule has 0 unspecified atom stereocenters. The molecule has 0 aliphatic heterocycles. The van der Waals surface area contributed by atoms with Gasteiger partial charge < -0.3 is 0 Å². The maximum atomic E-state index is 5.75.